The fourth-order valence-electron chi connectivity index (χ4n) is 2.80. The van der Waals surface area contributed by atoms with E-state index in [1.807, 2.05) is 27.7 Å². The number of ether oxygens (including phenoxy) is 2. The van der Waals surface area contributed by atoms with Gasteiger partial charge in [-0.25, -0.2) is 13.2 Å². The summed E-state index contributed by atoms with van der Waals surface area (Å²) in [7, 11) is -2.92. The summed E-state index contributed by atoms with van der Waals surface area (Å²) < 4.78 is 36.8. The normalized spacial score (nSPS) is 21.3. The number of carbonyl (C=O) groups excluding carboxylic acids is 2. The second-order valence-electron chi connectivity index (χ2n) is 7.52. The maximum absolute atomic E-state index is 13.0. The lowest BCUT2D eigenvalue weighted by Gasteiger charge is -2.42. The number of methoxy groups -OCH3 is 1. The summed E-state index contributed by atoms with van der Waals surface area (Å²) in [5.74, 6) is -0.582. The van der Waals surface area contributed by atoms with Crippen molar-refractivity contribution in [2.24, 2.45) is 5.41 Å². The lowest BCUT2D eigenvalue weighted by molar-refractivity contribution is -0.142. The van der Waals surface area contributed by atoms with Crippen LogP contribution in [-0.2, 0) is 24.3 Å². The Morgan fingerprint density at radius 2 is 1.85 bits per heavy atom. The number of esters is 1. The van der Waals surface area contributed by atoms with E-state index in [4.69, 9.17) is 4.74 Å². The van der Waals surface area contributed by atoms with Crippen LogP contribution in [0.15, 0.2) is 29.2 Å². The van der Waals surface area contributed by atoms with E-state index in [1.54, 1.807) is 12.1 Å². The van der Waals surface area contributed by atoms with Crippen LogP contribution in [0.2, 0.25) is 0 Å². The van der Waals surface area contributed by atoms with Crippen LogP contribution in [0.5, 0.6) is 0 Å². The zero-order chi connectivity index (χ0) is 19.7. The summed E-state index contributed by atoms with van der Waals surface area (Å²) in [6, 6.07) is 5.30. The fraction of sp³-hybridized carbons (Fsp3) is 0.556. The third kappa shape index (κ3) is 4.17. The highest BCUT2D eigenvalue weighted by atomic mass is 32.2. The fourth-order valence-corrected chi connectivity index (χ4v) is 4.30. The molecule has 2 atom stereocenters. The lowest BCUT2D eigenvalue weighted by atomic mass is 9.84. The van der Waals surface area contributed by atoms with Crippen LogP contribution in [0.3, 0.4) is 0 Å². The molecule has 144 valence electrons. The average molecular weight is 383 g/mol. The Hall–Kier alpha value is -2.09. The van der Waals surface area contributed by atoms with E-state index < -0.39 is 34.2 Å². The van der Waals surface area contributed by atoms with E-state index in [-0.39, 0.29) is 23.2 Å². The molecule has 1 aromatic rings. The van der Waals surface area contributed by atoms with Crippen LogP contribution in [0.25, 0.3) is 0 Å². The van der Waals surface area contributed by atoms with Gasteiger partial charge >= 0.3 is 12.1 Å². The standard InChI is InChI=1S/C18H25NO6S/c1-12-6-8-14(9-7-12)26(22,23)19-13(11-16(20)24-5)10-15(18(2,3)4)25-17(19)21/h6-9,13,15H,10-11H2,1-5H3/t13-,15-/m1/s1. The summed E-state index contributed by atoms with van der Waals surface area (Å²) in [4.78, 5) is 24.4. The molecule has 1 amide bonds. The van der Waals surface area contributed by atoms with Crippen molar-refractivity contribution in [1.29, 1.82) is 0 Å². The van der Waals surface area contributed by atoms with Crippen molar-refractivity contribution in [1.82, 2.24) is 4.31 Å². The van der Waals surface area contributed by atoms with Crippen molar-refractivity contribution in [3.63, 3.8) is 0 Å². The minimum Gasteiger partial charge on any atom is -0.469 e. The number of benzene rings is 1. The van der Waals surface area contributed by atoms with E-state index in [0.717, 1.165) is 5.56 Å². The van der Waals surface area contributed by atoms with Crippen LogP contribution in [0.4, 0.5) is 4.79 Å². The molecule has 0 aliphatic carbocycles. The van der Waals surface area contributed by atoms with E-state index >= 15 is 0 Å². The Balaban J connectivity index is 2.43. The topological polar surface area (TPSA) is 90.0 Å². The lowest BCUT2D eigenvalue weighted by Crippen LogP contribution is -2.54. The first-order valence-corrected chi connectivity index (χ1v) is 9.79. The first kappa shape index (κ1) is 20.2. The molecule has 2 rings (SSSR count). The zero-order valence-corrected chi connectivity index (χ0v) is 16.5. The van der Waals surface area contributed by atoms with Gasteiger partial charge in [0, 0.05) is 6.42 Å². The Morgan fingerprint density at radius 3 is 2.35 bits per heavy atom. The van der Waals surface area contributed by atoms with Crippen molar-refractivity contribution >= 4 is 22.1 Å². The second-order valence-corrected chi connectivity index (χ2v) is 9.34. The number of amides is 1. The Labute approximate surface area is 154 Å². The highest BCUT2D eigenvalue weighted by Gasteiger charge is 2.47. The molecule has 7 nitrogen and oxygen atoms in total. The molecule has 1 heterocycles. The van der Waals surface area contributed by atoms with Gasteiger partial charge in [-0.2, -0.15) is 4.31 Å². The van der Waals surface area contributed by atoms with Crippen molar-refractivity contribution < 1.29 is 27.5 Å². The molecule has 0 spiro atoms. The molecule has 1 aliphatic rings. The number of carbonyl (C=O) groups is 2. The van der Waals surface area contributed by atoms with E-state index in [0.29, 0.717) is 4.31 Å². The molecule has 26 heavy (non-hydrogen) atoms. The molecular formula is C18H25NO6S. The van der Waals surface area contributed by atoms with E-state index in [2.05, 4.69) is 4.74 Å². The van der Waals surface area contributed by atoms with Crippen LogP contribution in [0.1, 0.15) is 39.2 Å². The second kappa shape index (κ2) is 7.26. The van der Waals surface area contributed by atoms with E-state index in [9.17, 15) is 18.0 Å². The molecule has 0 unspecified atom stereocenters. The van der Waals surface area contributed by atoms with Gasteiger partial charge < -0.3 is 9.47 Å². The number of rotatable bonds is 4. The third-order valence-electron chi connectivity index (χ3n) is 4.41. The van der Waals surface area contributed by atoms with Crippen LogP contribution in [-0.4, -0.2) is 44.0 Å². The number of hydrogen-bond donors (Lipinski definition) is 0. The quantitative estimate of drug-likeness (QED) is 0.743. The number of aryl methyl sites for hydroxylation is 1. The summed E-state index contributed by atoms with van der Waals surface area (Å²) >= 11 is 0. The smallest absolute Gasteiger partial charge is 0.424 e. The predicted molar refractivity (Wildman–Crippen MR) is 95.0 cm³/mol. The van der Waals surface area contributed by atoms with E-state index in [1.165, 1.54) is 19.2 Å². The van der Waals surface area contributed by atoms with Gasteiger partial charge in [0.15, 0.2) is 0 Å². The first-order chi connectivity index (χ1) is 12.0. The van der Waals surface area contributed by atoms with Gasteiger partial charge in [-0.3, -0.25) is 4.79 Å². The molecule has 1 aromatic carbocycles. The number of cyclic esters (lactones) is 1. The zero-order valence-electron chi connectivity index (χ0n) is 15.7. The van der Waals surface area contributed by atoms with Crippen molar-refractivity contribution in [3.8, 4) is 0 Å². The van der Waals surface area contributed by atoms with Gasteiger partial charge in [0.05, 0.1) is 24.5 Å². The molecule has 0 radical (unpaired) electrons. The van der Waals surface area contributed by atoms with Gasteiger partial charge in [-0.05, 0) is 24.5 Å². The average Bonchev–Trinajstić information content (AvgIpc) is 2.53. The van der Waals surface area contributed by atoms with Crippen molar-refractivity contribution in [2.45, 2.75) is 57.6 Å². The number of nitrogens with zero attached hydrogens (tertiary/aromatic N) is 1. The van der Waals surface area contributed by atoms with Gasteiger partial charge in [0.1, 0.15) is 6.10 Å². The van der Waals surface area contributed by atoms with Gasteiger partial charge in [0.25, 0.3) is 10.0 Å². The summed E-state index contributed by atoms with van der Waals surface area (Å²) in [6.07, 6.45) is -1.47. The molecule has 0 saturated carbocycles. The number of hydrogen-bond acceptors (Lipinski definition) is 6. The molecule has 1 aliphatic heterocycles. The highest BCUT2D eigenvalue weighted by Crippen LogP contribution is 2.35. The minimum atomic E-state index is -4.15. The molecule has 8 heteroatoms. The van der Waals surface area contributed by atoms with Gasteiger partial charge in [-0.1, -0.05) is 38.5 Å². The number of sulfonamides is 1. The van der Waals surface area contributed by atoms with Gasteiger partial charge in [-0.15, -0.1) is 0 Å². The molecule has 1 saturated heterocycles. The molecule has 0 bridgehead atoms. The largest absolute Gasteiger partial charge is 0.469 e. The monoisotopic (exact) mass is 383 g/mol. The molecule has 1 fully saturated rings. The first-order valence-electron chi connectivity index (χ1n) is 8.35. The Kier molecular flexibility index (Phi) is 5.65. The molecular weight excluding hydrogens is 358 g/mol. The third-order valence-corrected chi connectivity index (χ3v) is 6.25. The van der Waals surface area contributed by atoms with Crippen molar-refractivity contribution in [3.05, 3.63) is 29.8 Å². The van der Waals surface area contributed by atoms with Crippen LogP contribution >= 0.6 is 0 Å². The molecule has 0 N–H and O–H groups in total. The maximum atomic E-state index is 13.0. The SMILES string of the molecule is COC(=O)C[C@H]1C[C@H](C(C)(C)C)OC(=O)N1S(=O)(=O)c1ccc(C)cc1. The summed E-state index contributed by atoms with van der Waals surface area (Å²) in [6.45, 7) is 7.51. The Morgan fingerprint density at radius 1 is 1.27 bits per heavy atom. The van der Waals surface area contributed by atoms with Crippen LogP contribution in [0, 0.1) is 12.3 Å². The summed E-state index contributed by atoms with van der Waals surface area (Å²) in [5, 5.41) is 0. The van der Waals surface area contributed by atoms with Crippen LogP contribution < -0.4 is 0 Å². The summed E-state index contributed by atoms with van der Waals surface area (Å²) in [5.41, 5.74) is 0.507. The van der Waals surface area contributed by atoms with Crippen molar-refractivity contribution in [2.75, 3.05) is 7.11 Å². The maximum Gasteiger partial charge on any atom is 0.424 e. The highest BCUT2D eigenvalue weighted by molar-refractivity contribution is 7.89. The molecule has 0 aromatic heterocycles. The van der Waals surface area contributed by atoms with Gasteiger partial charge in [0.2, 0.25) is 0 Å². The predicted octanol–water partition coefficient (Wildman–Crippen LogP) is 2.87. The minimum absolute atomic E-state index is 0.0240. The Bertz CT molecular complexity index is 779.